The molecule has 4 heteroatoms. The molecule has 0 saturated carbocycles. The first kappa shape index (κ1) is 24.5. The summed E-state index contributed by atoms with van der Waals surface area (Å²) in [6.45, 7) is 2.25. The van der Waals surface area contributed by atoms with Gasteiger partial charge in [0.25, 0.3) is 0 Å². The average molecular weight is 356 g/mol. The van der Waals surface area contributed by atoms with Crippen molar-refractivity contribution < 1.29 is 44.6 Å². The number of benzene rings is 1. The fourth-order valence-electron chi connectivity index (χ4n) is 3.06. The second-order valence-electron chi connectivity index (χ2n) is 6.77. The number of aryl methyl sites for hydroxylation is 1. The van der Waals surface area contributed by atoms with E-state index in [0.29, 0.717) is 12.0 Å². The molecular weight excluding hydrogens is 323 g/mol. The van der Waals surface area contributed by atoms with Crippen LogP contribution in [0.5, 0.6) is 5.75 Å². The van der Waals surface area contributed by atoms with Crippen molar-refractivity contribution in [3.8, 4) is 5.75 Å². The Kier molecular flexibility index (Phi) is 15.4. The van der Waals surface area contributed by atoms with Gasteiger partial charge in [-0.2, -0.15) is 0 Å². The number of carboxylic acid groups (broad SMARTS) is 1. The maximum absolute atomic E-state index is 11.7. The molecule has 0 aliphatic heterocycles. The van der Waals surface area contributed by atoms with Gasteiger partial charge in [-0.15, -0.1) is 5.75 Å². The molecule has 0 aliphatic carbocycles. The summed E-state index contributed by atoms with van der Waals surface area (Å²) >= 11 is 0. The maximum atomic E-state index is 11.7. The molecule has 0 aliphatic rings. The van der Waals surface area contributed by atoms with Crippen LogP contribution in [0.3, 0.4) is 0 Å². The van der Waals surface area contributed by atoms with Crippen LogP contribution >= 0.6 is 0 Å². The van der Waals surface area contributed by atoms with Crippen molar-refractivity contribution in [2.75, 3.05) is 0 Å². The molecule has 136 valence electrons. The molecule has 0 radical (unpaired) electrons. The Bertz CT molecular complexity index is 474. The van der Waals surface area contributed by atoms with Gasteiger partial charge < -0.3 is 10.2 Å². The van der Waals surface area contributed by atoms with Crippen LogP contribution in [0.15, 0.2) is 18.2 Å². The van der Waals surface area contributed by atoms with Crippen LogP contribution in [0.4, 0.5) is 0 Å². The van der Waals surface area contributed by atoms with Crippen molar-refractivity contribution >= 4 is 5.97 Å². The van der Waals surface area contributed by atoms with Crippen LogP contribution < -0.4 is 34.7 Å². The molecule has 0 fully saturated rings. The molecule has 0 unspecified atom stereocenters. The Hall–Kier alpha value is -0.510. The summed E-state index contributed by atoms with van der Waals surface area (Å²) in [5.74, 6) is -1.01. The summed E-state index contributed by atoms with van der Waals surface area (Å²) < 4.78 is 0. The predicted octanol–water partition coefficient (Wildman–Crippen LogP) is 2.71. The summed E-state index contributed by atoms with van der Waals surface area (Å²) in [6.07, 6.45) is 16.1. The molecule has 0 saturated heterocycles. The van der Waals surface area contributed by atoms with E-state index in [9.17, 15) is 9.90 Å². The number of hydrogen-bond donors (Lipinski definition) is 1. The Labute approximate surface area is 175 Å². The number of unbranched alkanes of at least 4 members (excludes halogenated alkanes) is 11. The third-order valence-electron chi connectivity index (χ3n) is 4.61. The predicted molar refractivity (Wildman–Crippen MR) is 97.6 cm³/mol. The molecule has 3 nitrogen and oxygen atoms in total. The van der Waals surface area contributed by atoms with E-state index in [0.717, 1.165) is 12.8 Å². The van der Waals surface area contributed by atoms with Gasteiger partial charge in [0, 0.05) is 0 Å². The standard InChI is InChI=1S/C21H34O3.Na/c1-2-3-4-5-6-7-8-9-10-11-12-13-14-18-17-19(21(23)24)15-16-20(18)22;/h15-17,22H,2-14H2,1H3,(H,23,24);/q;+1/p-1. The van der Waals surface area contributed by atoms with Gasteiger partial charge in [0.2, 0.25) is 0 Å². The van der Waals surface area contributed by atoms with Crippen molar-refractivity contribution in [3.63, 3.8) is 0 Å². The molecule has 1 aromatic carbocycles. The van der Waals surface area contributed by atoms with E-state index < -0.39 is 5.97 Å². The van der Waals surface area contributed by atoms with Crippen LogP contribution in [-0.2, 0) is 6.42 Å². The van der Waals surface area contributed by atoms with Crippen LogP contribution in [0.1, 0.15) is 99.9 Å². The molecule has 25 heavy (non-hydrogen) atoms. The van der Waals surface area contributed by atoms with Gasteiger partial charge in [0.15, 0.2) is 0 Å². The molecule has 0 spiro atoms. The zero-order valence-electron chi connectivity index (χ0n) is 16.2. The van der Waals surface area contributed by atoms with E-state index in [4.69, 9.17) is 5.11 Å². The molecule has 0 aromatic heterocycles. The van der Waals surface area contributed by atoms with Crippen molar-refractivity contribution in [1.29, 1.82) is 0 Å². The summed E-state index contributed by atoms with van der Waals surface area (Å²) in [4.78, 5) is 10.9. The average Bonchev–Trinajstić information content (AvgIpc) is 2.57. The van der Waals surface area contributed by atoms with E-state index in [-0.39, 0.29) is 40.9 Å². The van der Waals surface area contributed by atoms with Crippen molar-refractivity contribution in [3.05, 3.63) is 29.3 Å². The normalized spacial score (nSPS) is 10.4. The molecule has 0 bridgehead atoms. The Morgan fingerprint density at radius 2 is 1.36 bits per heavy atom. The number of aromatic carboxylic acids is 1. The maximum Gasteiger partial charge on any atom is 1.00 e. The van der Waals surface area contributed by atoms with E-state index >= 15 is 0 Å². The minimum Gasteiger partial charge on any atom is -0.872 e. The van der Waals surface area contributed by atoms with E-state index in [1.165, 1.54) is 82.4 Å². The van der Waals surface area contributed by atoms with Crippen LogP contribution in [-0.4, -0.2) is 11.1 Å². The second kappa shape index (κ2) is 15.7. The van der Waals surface area contributed by atoms with Gasteiger partial charge >= 0.3 is 35.5 Å². The molecule has 1 aromatic rings. The largest absolute Gasteiger partial charge is 1.00 e. The van der Waals surface area contributed by atoms with Crippen LogP contribution in [0.2, 0.25) is 0 Å². The summed E-state index contributed by atoms with van der Waals surface area (Å²) in [7, 11) is 0. The number of carbonyl (C=O) groups is 1. The Morgan fingerprint density at radius 3 is 1.84 bits per heavy atom. The van der Waals surface area contributed by atoms with Crippen molar-refractivity contribution in [2.24, 2.45) is 0 Å². The first-order chi connectivity index (χ1) is 11.6. The number of carboxylic acids is 1. The van der Waals surface area contributed by atoms with Crippen molar-refractivity contribution in [1.82, 2.24) is 0 Å². The van der Waals surface area contributed by atoms with Crippen LogP contribution in [0, 0.1) is 0 Å². The smallest absolute Gasteiger partial charge is 0.872 e. The monoisotopic (exact) mass is 356 g/mol. The van der Waals surface area contributed by atoms with Gasteiger partial charge in [0.1, 0.15) is 0 Å². The van der Waals surface area contributed by atoms with Gasteiger partial charge in [-0.1, -0.05) is 89.2 Å². The van der Waals surface area contributed by atoms with Gasteiger partial charge in [-0.25, -0.2) is 4.79 Å². The Balaban J connectivity index is 0.00000576. The fraction of sp³-hybridized carbons (Fsp3) is 0.667. The summed E-state index contributed by atoms with van der Waals surface area (Å²) in [6, 6.07) is 4.29. The van der Waals surface area contributed by atoms with Crippen molar-refractivity contribution in [2.45, 2.75) is 90.4 Å². The number of rotatable bonds is 14. The topological polar surface area (TPSA) is 60.4 Å². The molecule has 1 N–H and O–H groups in total. The minimum absolute atomic E-state index is 0. The first-order valence-electron chi connectivity index (χ1n) is 9.68. The molecule has 0 amide bonds. The summed E-state index contributed by atoms with van der Waals surface area (Å²) in [5.41, 5.74) is 0.852. The zero-order valence-corrected chi connectivity index (χ0v) is 18.2. The van der Waals surface area contributed by atoms with Gasteiger partial charge in [0.05, 0.1) is 5.56 Å². The van der Waals surface area contributed by atoms with Crippen LogP contribution in [0.25, 0.3) is 0 Å². The van der Waals surface area contributed by atoms with E-state index in [2.05, 4.69) is 6.92 Å². The fourth-order valence-corrected chi connectivity index (χ4v) is 3.06. The molecule has 1 rings (SSSR count). The van der Waals surface area contributed by atoms with Gasteiger partial charge in [-0.05, 0) is 25.0 Å². The molecular formula is C21H33NaO3. The summed E-state index contributed by atoms with van der Waals surface area (Å²) in [5, 5.41) is 20.7. The molecule has 0 heterocycles. The van der Waals surface area contributed by atoms with E-state index in [1.807, 2.05) is 0 Å². The van der Waals surface area contributed by atoms with Gasteiger partial charge in [-0.3, -0.25) is 0 Å². The first-order valence-corrected chi connectivity index (χ1v) is 9.68. The SMILES string of the molecule is CCCCCCCCCCCCCCc1cc(C(=O)O)ccc1[O-].[Na+]. The Morgan fingerprint density at radius 1 is 0.880 bits per heavy atom. The van der Waals surface area contributed by atoms with E-state index in [1.54, 1.807) is 0 Å². The second-order valence-corrected chi connectivity index (χ2v) is 6.77. The third kappa shape index (κ3) is 11.7. The quantitative estimate of drug-likeness (QED) is 0.412. The zero-order chi connectivity index (χ0) is 17.6. The third-order valence-corrected chi connectivity index (χ3v) is 4.61. The number of hydrogen-bond acceptors (Lipinski definition) is 2. The minimum atomic E-state index is -0.967. The molecule has 0 atom stereocenters.